The third-order valence-corrected chi connectivity index (χ3v) is 6.15. The van der Waals surface area contributed by atoms with Crippen molar-refractivity contribution in [3.63, 3.8) is 0 Å². The van der Waals surface area contributed by atoms with Crippen LogP contribution in [0.15, 0.2) is 52.4 Å². The molecule has 5 heterocycles. The van der Waals surface area contributed by atoms with Gasteiger partial charge in [-0.2, -0.15) is 13.2 Å². The lowest BCUT2D eigenvalue weighted by molar-refractivity contribution is -0.136. The minimum absolute atomic E-state index is 0.185. The van der Waals surface area contributed by atoms with Gasteiger partial charge in [-0.3, -0.25) is 9.20 Å². The molecule has 0 unspecified atom stereocenters. The van der Waals surface area contributed by atoms with Crippen LogP contribution in [0.1, 0.15) is 34.6 Å². The van der Waals surface area contributed by atoms with Crippen LogP contribution in [0.25, 0.3) is 22.3 Å². The summed E-state index contributed by atoms with van der Waals surface area (Å²) in [5, 5.41) is 1.69. The molecule has 32 heavy (non-hydrogen) atoms. The molecule has 0 atom stereocenters. The van der Waals surface area contributed by atoms with Crippen LogP contribution in [0.5, 0.6) is 0 Å². The minimum atomic E-state index is -4.70. The third-order valence-electron chi connectivity index (χ3n) is 5.20. The fourth-order valence-electron chi connectivity index (χ4n) is 3.67. The van der Waals surface area contributed by atoms with Gasteiger partial charge >= 0.3 is 6.18 Å². The van der Waals surface area contributed by atoms with E-state index >= 15 is 0 Å². The quantitative estimate of drug-likeness (QED) is 0.362. The third kappa shape index (κ3) is 3.59. The molecule has 0 spiro atoms. The standard InChI is InChI=1S/C21H14ClF3N4O2S/c22-18-17(20(30)28-4-1-2-12(7-28)16-10-32-11-26-16)27-19-15(21(23,24)25)6-14(8-29(18)19)13-3-5-31-9-13/h3,5-11H,1-2,4H2. The van der Waals surface area contributed by atoms with E-state index in [1.807, 2.05) is 5.38 Å². The van der Waals surface area contributed by atoms with Crippen molar-refractivity contribution in [1.82, 2.24) is 19.3 Å². The molecular weight excluding hydrogens is 465 g/mol. The zero-order valence-electron chi connectivity index (χ0n) is 16.3. The molecule has 1 amide bonds. The number of imidazole rings is 1. The maximum Gasteiger partial charge on any atom is 0.420 e. The SMILES string of the molecule is O=C(c1nc2c(C(F)(F)F)cc(-c3ccoc3)cn2c1Cl)N1C=C(c2cscn2)CCC1. The number of allylic oxidation sites excluding steroid dienone is 1. The Labute approximate surface area is 188 Å². The number of rotatable bonds is 3. The predicted molar refractivity (Wildman–Crippen MR) is 113 cm³/mol. The first-order valence-corrected chi connectivity index (χ1v) is 10.9. The number of hydrogen-bond donors (Lipinski definition) is 0. The molecule has 0 saturated heterocycles. The topological polar surface area (TPSA) is 63.6 Å². The van der Waals surface area contributed by atoms with Gasteiger partial charge in [-0.1, -0.05) is 11.6 Å². The Balaban J connectivity index is 1.61. The number of hydrogen-bond acceptors (Lipinski definition) is 5. The molecule has 1 aliphatic rings. The summed E-state index contributed by atoms with van der Waals surface area (Å²) < 4.78 is 47.5. The molecule has 6 nitrogen and oxygen atoms in total. The summed E-state index contributed by atoms with van der Waals surface area (Å²) in [5.41, 5.74) is 2.38. The van der Waals surface area contributed by atoms with Crippen LogP contribution in [0, 0.1) is 0 Å². The number of thiazole rings is 1. The van der Waals surface area contributed by atoms with Gasteiger partial charge < -0.3 is 9.32 Å². The van der Waals surface area contributed by atoms with Crippen molar-refractivity contribution in [2.45, 2.75) is 19.0 Å². The number of carbonyl (C=O) groups is 1. The molecule has 164 valence electrons. The van der Waals surface area contributed by atoms with Crippen molar-refractivity contribution in [2.75, 3.05) is 6.54 Å². The van der Waals surface area contributed by atoms with Gasteiger partial charge in [0.15, 0.2) is 11.3 Å². The van der Waals surface area contributed by atoms with E-state index in [1.165, 1.54) is 41.0 Å². The van der Waals surface area contributed by atoms with E-state index in [0.29, 0.717) is 18.5 Å². The summed E-state index contributed by atoms with van der Waals surface area (Å²) >= 11 is 7.84. The molecule has 0 aliphatic carbocycles. The van der Waals surface area contributed by atoms with Crippen LogP contribution < -0.4 is 0 Å². The number of furan rings is 1. The summed E-state index contributed by atoms with van der Waals surface area (Å²) in [4.78, 5) is 22.9. The Hall–Kier alpha value is -3.11. The smallest absolute Gasteiger partial charge is 0.420 e. The van der Waals surface area contributed by atoms with Crippen molar-refractivity contribution < 1.29 is 22.4 Å². The maximum atomic E-state index is 13.8. The van der Waals surface area contributed by atoms with Crippen LogP contribution >= 0.6 is 22.9 Å². The highest BCUT2D eigenvalue weighted by atomic mass is 35.5. The van der Waals surface area contributed by atoms with Gasteiger partial charge in [0, 0.05) is 35.4 Å². The normalized spacial score (nSPS) is 14.8. The number of aromatic nitrogens is 3. The molecule has 0 saturated carbocycles. The molecule has 4 aromatic heterocycles. The second-order valence-electron chi connectivity index (χ2n) is 7.23. The lowest BCUT2D eigenvalue weighted by Gasteiger charge is -2.23. The lowest BCUT2D eigenvalue weighted by Crippen LogP contribution is -2.30. The van der Waals surface area contributed by atoms with Crippen LogP contribution in [-0.4, -0.2) is 31.7 Å². The number of alkyl halides is 3. The molecule has 4 aromatic rings. The lowest BCUT2D eigenvalue weighted by atomic mass is 10.1. The maximum absolute atomic E-state index is 13.8. The number of amides is 1. The van der Waals surface area contributed by atoms with Gasteiger partial charge in [-0.25, -0.2) is 9.97 Å². The highest BCUT2D eigenvalue weighted by molar-refractivity contribution is 7.07. The van der Waals surface area contributed by atoms with E-state index in [9.17, 15) is 18.0 Å². The number of pyridine rings is 1. The van der Waals surface area contributed by atoms with Crippen molar-refractivity contribution in [2.24, 2.45) is 0 Å². The second-order valence-corrected chi connectivity index (χ2v) is 8.30. The van der Waals surface area contributed by atoms with Gasteiger partial charge in [0.2, 0.25) is 0 Å². The van der Waals surface area contributed by atoms with E-state index in [-0.39, 0.29) is 16.4 Å². The fourth-order valence-corrected chi connectivity index (χ4v) is 4.50. The number of halogens is 4. The Morgan fingerprint density at radius 1 is 1.28 bits per heavy atom. The Morgan fingerprint density at radius 3 is 2.81 bits per heavy atom. The Morgan fingerprint density at radius 2 is 2.12 bits per heavy atom. The second kappa shape index (κ2) is 7.79. The van der Waals surface area contributed by atoms with Gasteiger partial charge in [0.05, 0.1) is 29.3 Å². The molecule has 0 bridgehead atoms. The molecule has 0 N–H and O–H groups in total. The zero-order valence-corrected chi connectivity index (χ0v) is 17.8. The van der Waals surface area contributed by atoms with Gasteiger partial charge in [0.1, 0.15) is 5.15 Å². The molecule has 0 aromatic carbocycles. The average molecular weight is 479 g/mol. The molecular formula is C21H14ClF3N4O2S. The monoisotopic (exact) mass is 478 g/mol. The van der Waals surface area contributed by atoms with E-state index in [1.54, 1.807) is 11.7 Å². The van der Waals surface area contributed by atoms with E-state index in [4.69, 9.17) is 16.0 Å². The molecule has 0 fully saturated rings. The first-order chi connectivity index (χ1) is 15.3. The van der Waals surface area contributed by atoms with Crippen molar-refractivity contribution in [3.05, 3.63) is 70.1 Å². The van der Waals surface area contributed by atoms with Gasteiger partial charge in [-0.15, -0.1) is 11.3 Å². The van der Waals surface area contributed by atoms with E-state index in [2.05, 4.69) is 9.97 Å². The van der Waals surface area contributed by atoms with Crippen LogP contribution in [0.3, 0.4) is 0 Å². The minimum Gasteiger partial charge on any atom is -0.472 e. The number of fused-ring (bicyclic) bond motifs is 1. The first-order valence-electron chi connectivity index (χ1n) is 9.54. The van der Waals surface area contributed by atoms with Crippen molar-refractivity contribution >= 4 is 40.1 Å². The van der Waals surface area contributed by atoms with Crippen molar-refractivity contribution in [1.29, 1.82) is 0 Å². The van der Waals surface area contributed by atoms with E-state index in [0.717, 1.165) is 28.2 Å². The highest BCUT2D eigenvalue weighted by Gasteiger charge is 2.36. The van der Waals surface area contributed by atoms with Crippen LogP contribution in [0.2, 0.25) is 5.15 Å². The molecule has 11 heteroatoms. The van der Waals surface area contributed by atoms with E-state index < -0.39 is 23.3 Å². The zero-order chi connectivity index (χ0) is 22.5. The molecule has 0 radical (unpaired) electrons. The average Bonchev–Trinajstić information content (AvgIpc) is 3.54. The number of nitrogens with zero attached hydrogens (tertiary/aromatic N) is 4. The predicted octanol–water partition coefficient (Wildman–Crippen LogP) is 6.00. The van der Waals surface area contributed by atoms with Gasteiger partial charge in [-0.05, 0) is 30.5 Å². The molecule has 1 aliphatic heterocycles. The summed E-state index contributed by atoms with van der Waals surface area (Å²) in [6.07, 6.45) is 2.52. The summed E-state index contributed by atoms with van der Waals surface area (Å²) in [5.74, 6) is -0.566. The van der Waals surface area contributed by atoms with Gasteiger partial charge in [0.25, 0.3) is 5.91 Å². The Bertz CT molecular complexity index is 1330. The first kappa shape index (κ1) is 20.8. The van der Waals surface area contributed by atoms with Crippen LogP contribution in [-0.2, 0) is 6.18 Å². The largest absolute Gasteiger partial charge is 0.472 e. The highest BCUT2D eigenvalue weighted by Crippen LogP contribution is 2.37. The number of carbonyl (C=O) groups excluding carboxylic acids is 1. The summed E-state index contributed by atoms with van der Waals surface area (Å²) in [7, 11) is 0. The van der Waals surface area contributed by atoms with Crippen molar-refractivity contribution in [3.8, 4) is 11.1 Å². The Kier molecular flexibility index (Phi) is 5.06. The summed E-state index contributed by atoms with van der Waals surface area (Å²) in [6.45, 7) is 0.406. The fraction of sp³-hybridized carbons (Fsp3) is 0.190. The summed E-state index contributed by atoms with van der Waals surface area (Å²) in [6, 6.07) is 2.51. The molecule has 5 rings (SSSR count). The van der Waals surface area contributed by atoms with Crippen LogP contribution in [0.4, 0.5) is 13.2 Å².